The predicted octanol–water partition coefficient (Wildman–Crippen LogP) is 7.59. The monoisotopic (exact) mass is 448 g/mol. The second-order valence-corrected chi connectivity index (χ2v) is 7.61. The molecule has 0 N–H and O–H groups in total. The van der Waals surface area contributed by atoms with Gasteiger partial charge in [-0.1, -0.05) is 55.5 Å². The Morgan fingerprint density at radius 2 is 1.21 bits per heavy atom. The Labute approximate surface area is 191 Å². The first-order valence-corrected chi connectivity index (χ1v) is 10.6. The van der Waals surface area contributed by atoms with E-state index < -0.39 is 17.5 Å². The van der Waals surface area contributed by atoms with Gasteiger partial charge in [0, 0.05) is 22.8 Å². The number of hydrogen-bond donors (Lipinski definition) is 0. The smallest absolute Gasteiger partial charge is 0.167 e. The van der Waals surface area contributed by atoms with Crippen LogP contribution in [0.25, 0.3) is 22.3 Å². The van der Waals surface area contributed by atoms with Gasteiger partial charge in [0.05, 0.1) is 7.11 Å². The summed E-state index contributed by atoms with van der Waals surface area (Å²) >= 11 is 0. The Bertz CT molecular complexity index is 1250. The number of hydrogen-bond acceptors (Lipinski definition) is 2. The first-order chi connectivity index (χ1) is 16.0. The minimum absolute atomic E-state index is 0.0314. The topological polar surface area (TPSA) is 18.5 Å². The molecule has 0 bridgehead atoms. The summed E-state index contributed by atoms with van der Waals surface area (Å²) in [6.07, 6.45) is 0.880. The van der Waals surface area contributed by atoms with Gasteiger partial charge in [0.25, 0.3) is 0 Å². The van der Waals surface area contributed by atoms with Crippen molar-refractivity contribution < 1.29 is 22.6 Å². The average molecular weight is 448 g/mol. The minimum atomic E-state index is -0.902. The molecule has 0 aliphatic heterocycles. The maximum absolute atomic E-state index is 14.9. The summed E-state index contributed by atoms with van der Waals surface area (Å²) in [6, 6.07) is 21.7. The van der Waals surface area contributed by atoms with E-state index in [1.54, 1.807) is 60.7 Å². The minimum Gasteiger partial charge on any atom is -0.497 e. The van der Waals surface area contributed by atoms with Crippen LogP contribution in [-0.2, 0) is 13.0 Å². The van der Waals surface area contributed by atoms with Crippen LogP contribution in [-0.4, -0.2) is 7.11 Å². The van der Waals surface area contributed by atoms with Gasteiger partial charge in [-0.2, -0.15) is 0 Å². The number of benzene rings is 4. The molecule has 4 aromatic rings. The van der Waals surface area contributed by atoms with Gasteiger partial charge in [-0.3, -0.25) is 0 Å². The molecule has 0 spiro atoms. The highest BCUT2D eigenvalue weighted by atomic mass is 19.2. The van der Waals surface area contributed by atoms with Crippen LogP contribution in [0.2, 0.25) is 0 Å². The van der Waals surface area contributed by atoms with E-state index in [2.05, 4.69) is 0 Å². The van der Waals surface area contributed by atoms with Crippen molar-refractivity contribution in [3.8, 4) is 33.8 Å². The van der Waals surface area contributed by atoms with Gasteiger partial charge < -0.3 is 9.47 Å². The molecule has 0 heterocycles. The molecular weight excluding hydrogens is 425 g/mol. The zero-order valence-corrected chi connectivity index (χ0v) is 18.4. The van der Waals surface area contributed by atoms with E-state index in [0.29, 0.717) is 28.2 Å². The zero-order chi connectivity index (χ0) is 23.4. The third-order valence-electron chi connectivity index (χ3n) is 5.58. The highest BCUT2D eigenvalue weighted by Gasteiger charge is 2.16. The number of ether oxygens (including phenoxy) is 2. The van der Waals surface area contributed by atoms with E-state index in [-0.39, 0.29) is 17.7 Å². The number of aryl methyl sites for hydroxylation is 1. The van der Waals surface area contributed by atoms with Crippen molar-refractivity contribution in [2.75, 3.05) is 7.11 Å². The Kier molecular flexibility index (Phi) is 6.68. The molecule has 33 heavy (non-hydrogen) atoms. The Balaban J connectivity index is 1.51. The molecule has 4 aromatic carbocycles. The van der Waals surface area contributed by atoms with Crippen LogP contribution in [0.1, 0.15) is 18.1 Å². The molecule has 168 valence electrons. The van der Waals surface area contributed by atoms with Crippen LogP contribution in [0.4, 0.5) is 13.2 Å². The highest BCUT2D eigenvalue weighted by Crippen LogP contribution is 2.32. The maximum Gasteiger partial charge on any atom is 0.167 e. The molecule has 0 aliphatic carbocycles. The van der Waals surface area contributed by atoms with Gasteiger partial charge in [-0.05, 0) is 47.4 Å². The molecule has 0 unspecified atom stereocenters. The summed E-state index contributed by atoms with van der Waals surface area (Å²) in [6.45, 7) is 2.07. The van der Waals surface area contributed by atoms with Gasteiger partial charge in [-0.25, -0.2) is 13.2 Å². The first-order valence-electron chi connectivity index (χ1n) is 10.6. The largest absolute Gasteiger partial charge is 0.497 e. The SMILES string of the molecule is CCc1ccc(-c2ccc(-c3ccc(OCc4ccc(OC)cc4F)cc3)c(F)c2F)cc1. The van der Waals surface area contributed by atoms with Crippen molar-refractivity contribution >= 4 is 0 Å². The number of rotatable bonds is 7. The van der Waals surface area contributed by atoms with Crippen LogP contribution in [0.3, 0.4) is 0 Å². The Morgan fingerprint density at radius 1 is 0.667 bits per heavy atom. The average Bonchev–Trinajstić information content (AvgIpc) is 2.85. The van der Waals surface area contributed by atoms with Crippen LogP contribution in [0.5, 0.6) is 11.5 Å². The van der Waals surface area contributed by atoms with E-state index in [1.165, 1.54) is 13.2 Å². The van der Waals surface area contributed by atoms with Gasteiger partial charge in [0.2, 0.25) is 0 Å². The van der Waals surface area contributed by atoms with Crippen molar-refractivity contribution in [2.45, 2.75) is 20.0 Å². The Hall–Kier alpha value is -3.73. The van der Waals surface area contributed by atoms with E-state index in [4.69, 9.17) is 9.47 Å². The van der Waals surface area contributed by atoms with Crippen molar-refractivity contribution in [3.05, 3.63) is 107 Å². The molecule has 0 saturated heterocycles. The first kappa shape index (κ1) is 22.5. The van der Waals surface area contributed by atoms with Crippen LogP contribution < -0.4 is 9.47 Å². The van der Waals surface area contributed by atoms with E-state index >= 15 is 0 Å². The van der Waals surface area contributed by atoms with Gasteiger partial charge >= 0.3 is 0 Å². The zero-order valence-electron chi connectivity index (χ0n) is 18.4. The van der Waals surface area contributed by atoms with Crippen LogP contribution in [0, 0.1) is 17.5 Å². The lowest BCUT2D eigenvalue weighted by Crippen LogP contribution is -1.99. The molecule has 0 aliphatic rings. The molecule has 2 nitrogen and oxygen atoms in total. The fourth-order valence-corrected chi connectivity index (χ4v) is 3.58. The van der Waals surface area contributed by atoms with Crippen molar-refractivity contribution in [1.82, 2.24) is 0 Å². The third-order valence-corrected chi connectivity index (χ3v) is 5.58. The number of methoxy groups -OCH3 is 1. The summed E-state index contributed by atoms with van der Waals surface area (Å²) in [5.41, 5.74) is 3.05. The third kappa shape index (κ3) is 4.87. The molecule has 0 radical (unpaired) electrons. The quantitative estimate of drug-likeness (QED) is 0.290. The van der Waals surface area contributed by atoms with Gasteiger partial charge in [0.1, 0.15) is 23.9 Å². The van der Waals surface area contributed by atoms with Gasteiger partial charge in [0.15, 0.2) is 11.6 Å². The van der Waals surface area contributed by atoms with Crippen LogP contribution >= 0.6 is 0 Å². The van der Waals surface area contributed by atoms with E-state index in [9.17, 15) is 13.2 Å². The molecule has 5 heteroatoms. The summed E-state index contributed by atoms with van der Waals surface area (Å²) < 4.78 is 54.4. The van der Waals surface area contributed by atoms with E-state index in [0.717, 1.165) is 12.0 Å². The summed E-state index contributed by atoms with van der Waals surface area (Å²) in [7, 11) is 1.47. The summed E-state index contributed by atoms with van der Waals surface area (Å²) in [5.74, 6) is -1.29. The van der Waals surface area contributed by atoms with E-state index in [1.807, 2.05) is 19.1 Å². The lowest BCUT2D eigenvalue weighted by atomic mass is 9.98. The molecule has 0 aromatic heterocycles. The second-order valence-electron chi connectivity index (χ2n) is 7.61. The molecule has 0 fully saturated rings. The fourth-order valence-electron chi connectivity index (χ4n) is 3.58. The fraction of sp³-hybridized carbons (Fsp3) is 0.143. The molecule has 4 rings (SSSR count). The standard InChI is InChI=1S/C28H23F3O2/c1-3-18-4-6-19(7-5-18)24-14-15-25(28(31)27(24)30)20-8-11-22(12-9-20)33-17-21-10-13-23(32-2)16-26(21)29/h4-16H,3,17H2,1-2H3. The van der Waals surface area contributed by atoms with Crippen LogP contribution in [0.15, 0.2) is 78.9 Å². The molecule has 0 amide bonds. The summed E-state index contributed by atoms with van der Waals surface area (Å²) in [5, 5.41) is 0. The van der Waals surface area contributed by atoms with Gasteiger partial charge in [-0.15, -0.1) is 0 Å². The Morgan fingerprint density at radius 3 is 1.73 bits per heavy atom. The number of halogens is 3. The lowest BCUT2D eigenvalue weighted by molar-refractivity contribution is 0.299. The van der Waals surface area contributed by atoms with Crippen molar-refractivity contribution in [1.29, 1.82) is 0 Å². The summed E-state index contributed by atoms with van der Waals surface area (Å²) in [4.78, 5) is 0. The molecular formula is C28H23F3O2. The lowest BCUT2D eigenvalue weighted by Gasteiger charge is -2.11. The van der Waals surface area contributed by atoms with Crippen molar-refractivity contribution in [3.63, 3.8) is 0 Å². The highest BCUT2D eigenvalue weighted by molar-refractivity contribution is 5.72. The molecule has 0 atom stereocenters. The normalized spacial score (nSPS) is 10.8. The second kappa shape index (κ2) is 9.82. The predicted molar refractivity (Wildman–Crippen MR) is 124 cm³/mol. The maximum atomic E-state index is 14.9. The van der Waals surface area contributed by atoms with Crippen molar-refractivity contribution in [2.24, 2.45) is 0 Å². The molecule has 0 saturated carbocycles.